The van der Waals surface area contributed by atoms with Gasteiger partial charge >= 0.3 is 0 Å². The SMILES string of the molecule is COC[C@]12O[C@@H](C)C(OC1C)[C@H]2OC. The molecule has 2 unspecified atom stereocenters. The summed E-state index contributed by atoms with van der Waals surface area (Å²) < 4.78 is 22.4. The van der Waals surface area contributed by atoms with Crippen LogP contribution in [0.25, 0.3) is 0 Å². The van der Waals surface area contributed by atoms with Crippen LogP contribution in [0.1, 0.15) is 13.8 Å². The monoisotopic (exact) mass is 202 g/mol. The van der Waals surface area contributed by atoms with Gasteiger partial charge in [0.05, 0.1) is 18.8 Å². The van der Waals surface area contributed by atoms with Crippen LogP contribution in [0.2, 0.25) is 0 Å². The van der Waals surface area contributed by atoms with Crippen molar-refractivity contribution in [1.82, 2.24) is 0 Å². The standard InChI is InChI=1S/C10H18O4/c1-6-8-9(12-4)10(14-6,5-11-3)7(2)13-8/h6-9H,5H2,1-4H3/t6-,7?,8?,9+,10-/m0/s1. The van der Waals surface area contributed by atoms with Crippen LogP contribution >= 0.6 is 0 Å². The van der Waals surface area contributed by atoms with Gasteiger partial charge in [0.1, 0.15) is 17.8 Å². The van der Waals surface area contributed by atoms with E-state index in [1.165, 1.54) is 0 Å². The maximum Gasteiger partial charge on any atom is 0.146 e. The number of rotatable bonds is 3. The Bertz CT molecular complexity index is 220. The predicted octanol–water partition coefficient (Wildman–Crippen LogP) is 0.593. The summed E-state index contributed by atoms with van der Waals surface area (Å²) >= 11 is 0. The minimum absolute atomic E-state index is 0.00699. The Morgan fingerprint density at radius 3 is 2.57 bits per heavy atom. The lowest BCUT2D eigenvalue weighted by Gasteiger charge is -2.34. The third-order valence-corrected chi connectivity index (χ3v) is 3.32. The van der Waals surface area contributed by atoms with Crippen molar-refractivity contribution in [2.45, 2.75) is 43.9 Å². The first-order chi connectivity index (χ1) is 6.65. The molecule has 2 aliphatic rings. The van der Waals surface area contributed by atoms with Gasteiger partial charge in [-0.3, -0.25) is 0 Å². The van der Waals surface area contributed by atoms with Gasteiger partial charge in [-0.2, -0.15) is 0 Å². The molecule has 2 rings (SSSR count). The van der Waals surface area contributed by atoms with E-state index in [2.05, 4.69) is 0 Å². The Balaban J connectivity index is 2.25. The Hall–Kier alpha value is -0.160. The van der Waals surface area contributed by atoms with E-state index in [4.69, 9.17) is 18.9 Å². The number of hydrogen-bond donors (Lipinski definition) is 0. The van der Waals surface area contributed by atoms with Crippen molar-refractivity contribution in [2.24, 2.45) is 0 Å². The number of hydrogen-bond acceptors (Lipinski definition) is 4. The zero-order chi connectivity index (χ0) is 10.3. The molecule has 0 aromatic heterocycles. The van der Waals surface area contributed by atoms with Crippen LogP contribution in [0.3, 0.4) is 0 Å². The van der Waals surface area contributed by atoms with Crippen LogP contribution in [0, 0.1) is 0 Å². The molecule has 0 aromatic carbocycles. The number of methoxy groups -OCH3 is 2. The fraction of sp³-hybridized carbons (Fsp3) is 1.00. The zero-order valence-electron chi connectivity index (χ0n) is 9.15. The highest BCUT2D eigenvalue weighted by Gasteiger charge is 2.64. The van der Waals surface area contributed by atoms with E-state index in [1.807, 2.05) is 13.8 Å². The van der Waals surface area contributed by atoms with Gasteiger partial charge in [-0.25, -0.2) is 0 Å². The van der Waals surface area contributed by atoms with E-state index in [0.717, 1.165) is 0 Å². The molecule has 2 aliphatic heterocycles. The first kappa shape index (κ1) is 10.4. The lowest BCUT2D eigenvalue weighted by molar-refractivity contribution is -0.194. The first-order valence-corrected chi connectivity index (χ1v) is 5.00. The Morgan fingerprint density at radius 1 is 1.29 bits per heavy atom. The second kappa shape index (κ2) is 3.45. The van der Waals surface area contributed by atoms with Crippen molar-refractivity contribution in [3.63, 3.8) is 0 Å². The lowest BCUT2D eigenvalue weighted by Crippen LogP contribution is -2.50. The molecule has 2 fully saturated rings. The van der Waals surface area contributed by atoms with E-state index in [9.17, 15) is 0 Å². The average molecular weight is 202 g/mol. The van der Waals surface area contributed by atoms with Crippen molar-refractivity contribution in [2.75, 3.05) is 20.8 Å². The first-order valence-electron chi connectivity index (χ1n) is 5.00. The Morgan fingerprint density at radius 2 is 2.00 bits per heavy atom. The summed E-state index contributed by atoms with van der Waals surface area (Å²) in [6.45, 7) is 4.55. The van der Waals surface area contributed by atoms with Gasteiger partial charge in [-0.1, -0.05) is 0 Å². The van der Waals surface area contributed by atoms with Crippen LogP contribution in [0.5, 0.6) is 0 Å². The molecule has 0 saturated carbocycles. The van der Waals surface area contributed by atoms with Crippen LogP contribution in [0.15, 0.2) is 0 Å². The van der Waals surface area contributed by atoms with E-state index >= 15 is 0 Å². The van der Waals surface area contributed by atoms with Gasteiger partial charge in [0.15, 0.2) is 0 Å². The molecule has 2 heterocycles. The minimum Gasteiger partial charge on any atom is -0.381 e. The topological polar surface area (TPSA) is 36.9 Å². The quantitative estimate of drug-likeness (QED) is 0.671. The van der Waals surface area contributed by atoms with E-state index in [0.29, 0.717) is 6.61 Å². The molecule has 0 aliphatic carbocycles. The van der Waals surface area contributed by atoms with Crippen LogP contribution in [0.4, 0.5) is 0 Å². The maximum absolute atomic E-state index is 5.93. The van der Waals surface area contributed by atoms with Crippen LogP contribution in [-0.2, 0) is 18.9 Å². The van der Waals surface area contributed by atoms with Gasteiger partial charge in [0, 0.05) is 14.2 Å². The van der Waals surface area contributed by atoms with Gasteiger partial charge in [0.25, 0.3) is 0 Å². The largest absolute Gasteiger partial charge is 0.381 e. The minimum atomic E-state index is -0.409. The summed E-state index contributed by atoms with van der Waals surface area (Å²) in [6, 6.07) is 0. The van der Waals surface area contributed by atoms with Crippen molar-refractivity contribution in [1.29, 1.82) is 0 Å². The summed E-state index contributed by atoms with van der Waals surface area (Å²) in [5.74, 6) is 0. The predicted molar refractivity (Wildman–Crippen MR) is 50.3 cm³/mol. The molecule has 0 amide bonds. The molecule has 82 valence electrons. The zero-order valence-corrected chi connectivity index (χ0v) is 9.15. The molecule has 2 bridgehead atoms. The average Bonchev–Trinajstić information content (AvgIpc) is 2.54. The van der Waals surface area contributed by atoms with Gasteiger partial charge in [-0.15, -0.1) is 0 Å². The normalized spacial score (nSPS) is 51.4. The summed E-state index contributed by atoms with van der Waals surface area (Å²) in [7, 11) is 3.37. The highest BCUT2D eigenvalue weighted by Crippen LogP contribution is 2.45. The molecule has 0 spiro atoms. The molecule has 14 heavy (non-hydrogen) atoms. The fourth-order valence-electron chi connectivity index (χ4n) is 2.66. The van der Waals surface area contributed by atoms with Crippen LogP contribution in [-0.4, -0.2) is 50.8 Å². The molecule has 4 nitrogen and oxygen atoms in total. The molecule has 0 N–H and O–H groups in total. The molecule has 2 saturated heterocycles. The third kappa shape index (κ3) is 1.15. The molecule has 0 radical (unpaired) electrons. The van der Waals surface area contributed by atoms with E-state index in [1.54, 1.807) is 14.2 Å². The van der Waals surface area contributed by atoms with Gasteiger partial charge in [-0.05, 0) is 13.8 Å². The number of ether oxygens (including phenoxy) is 4. The molecular formula is C10H18O4. The van der Waals surface area contributed by atoms with Crippen LogP contribution < -0.4 is 0 Å². The van der Waals surface area contributed by atoms with E-state index in [-0.39, 0.29) is 24.4 Å². The summed E-state index contributed by atoms with van der Waals surface area (Å²) in [4.78, 5) is 0. The summed E-state index contributed by atoms with van der Waals surface area (Å²) in [6.07, 6.45) is 0.164. The summed E-state index contributed by atoms with van der Waals surface area (Å²) in [5.41, 5.74) is -0.409. The molecule has 5 atom stereocenters. The van der Waals surface area contributed by atoms with Crippen molar-refractivity contribution in [3.8, 4) is 0 Å². The van der Waals surface area contributed by atoms with Gasteiger partial charge < -0.3 is 18.9 Å². The third-order valence-electron chi connectivity index (χ3n) is 3.32. The highest BCUT2D eigenvalue weighted by atomic mass is 16.7. The number of fused-ring (bicyclic) bond motifs is 2. The summed E-state index contributed by atoms with van der Waals surface area (Å²) in [5, 5.41) is 0. The molecule has 0 aromatic rings. The molecular weight excluding hydrogens is 184 g/mol. The highest BCUT2D eigenvalue weighted by molar-refractivity contribution is 5.11. The smallest absolute Gasteiger partial charge is 0.146 e. The van der Waals surface area contributed by atoms with E-state index < -0.39 is 5.60 Å². The second-order valence-corrected chi connectivity index (χ2v) is 4.11. The van der Waals surface area contributed by atoms with Crippen molar-refractivity contribution < 1.29 is 18.9 Å². The second-order valence-electron chi connectivity index (χ2n) is 4.11. The Kier molecular flexibility index (Phi) is 2.55. The molecule has 4 heteroatoms. The van der Waals surface area contributed by atoms with Crippen molar-refractivity contribution >= 4 is 0 Å². The fourth-order valence-corrected chi connectivity index (χ4v) is 2.66. The maximum atomic E-state index is 5.93. The lowest BCUT2D eigenvalue weighted by atomic mass is 9.94. The van der Waals surface area contributed by atoms with Crippen molar-refractivity contribution in [3.05, 3.63) is 0 Å². The van der Waals surface area contributed by atoms with Gasteiger partial charge in [0.2, 0.25) is 0 Å². The Labute approximate surface area is 84.5 Å².